The molecule has 0 radical (unpaired) electrons. The first kappa shape index (κ1) is 19.0. The number of nitrogens with zero attached hydrogens (tertiary/aromatic N) is 1. The Hall–Kier alpha value is -1.30. The van der Waals surface area contributed by atoms with Crippen LogP contribution in [0.5, 0.6) is 0 Å². The van der Waals surface area contributed by atoms with Crippen molar-refractivity contribution in [2.75, 3.05) is 18.9 Å². The molecule has 1 aromatic rings. The number of esters is 1. The number of hydrogen-bond acceptors (Lipinski definition) is 4. The topological polar surface area (TPSA) is 52.6 Å². The summed E-state index contributed by atoms with van der Waals surface area (Å²) < 4.78 is 19.7. The largest absolute Gasteiger partial charge is 0.598 e. The van der Waals surface area contributed by atoms with Crippen LogP contribution in [0.15, 0.2) is 42.0 Å². The van der Waals surface area contributed by atoms with Crippen LogP contribution in [-0.4, -0.2) is 39.8 Å². The molecule has 24 heavy (non-hydrogen) atoms. The lowest BCUT2D eigenvalue weighted by Gasteiger charge is -2.27. The molecule has 1 aliphatic rings. The lowest BCUT2D eigenvalue weighted by molar-refractivity contribution is -0.138. The van der Waals surface area contributed by atoms with Crippen LogP contribution < -0.4 is 0 Å². The van der Waals surface area contributed by atoms with Gasteiger partial charge in [0.1, 0.15) is 5.75 Å². The maximum absolute atomic E-state index is 12.6. The second-order valence-electron chi connectivity index (χ2n) is 5.90. The molecule has 5 heteroatoms. The minimum atomic E-state index is -1.05. The molecule has 0 aromatic heterocycles. The van der Waals surface area contributed by atoms with E-state index < -0.39 is 11.4 Å². The number of carbonyl (C=O) groups is 1. The number of benzene rings is 1. The highest BCUT2D eigenvalue weighted by Gasteiger charge is 2.38. The Bertz CT molecular complexity index is 547. The van der Waals surface area contributed by atoms with Crippen LogP contribution >= 0.6 is 0 Å². The van der Waals surface area contributed by atoms with Gasteiger partial charge in [-0.15, -0.1) is 4.31 Å². The molecule has 0 saturated carbocycles. The molecule has 2 rings (SSSR count). The second-order valence-corrected chi connectivity index (χ2v) is 7.42. The normalized spacial score (nSPS) is 19.1. The number of rotatable bonds is 9. The quantitative estimate of drug-likeness (QED) is 0.507. The molecule has 1 heterocycles. The van der Waals surface area contributed by atoms with Gasteiger partial charge in [0.15, 0.2) is 0 Å². The number of unbranched alkanes of at least 4 members (excludes halogenated alkanes) is 1. The van der Waals surface area contributed by atoms with Gasteiger partial charge in [0.05, 0.1) is 24.8 Å². The van der Waals surface area contributed by atoms with Crippen molar-refractivity contribution in [1.82, 2.24) is 4.31 Å². The van der Waals surface area contributed by atoms with E-state index in [0.29, 0.717) is 24.5 Å². The van der Waals surface area contributed by atoms with E-state index in [2.05, 4.69) is 19.1 Å². The van der Waals surface area contributed by atoms with Crippen molar-refractivity contribution in [3.63, 3.8) is 0 Å². The number of aryl methyl sites for hydroxylation is 1. The van der Waals surface area contributed by atoms with Gasteiger partial charge in [0.25, 0.3) is 0 Å². The second kappa shape index (κ2) is 9.87. The van der Waals surface area contributed by atoms with Crippen molar-refractivity contribution in [2.45, 2.75) is 45.6 Å². The molecule has 132 valence electrons. The van der Waals surface area contributed by atoms with Crippen molar-refractivity contribution in [2.24, 2.45) is 0 Å². The van der Waals surface area contributed by atoms with Crippen molar-refractivity contribution < 1.29 is 14.1 Å². The zero-order valence-corrected chi connectivity index (χ0v) is 15.4. The Kier molecular flexibility index (Phi) is 7.82. The lowest BCUT2D eigenvalue weighted by Crippen LogP contribution is -2.40. The highest BCUT2D eigenvalue weighted by Crippen LogP contribution is 2.27. The summed E-state index contributed by atoms with van der Waals surface area (Å²) in [5.41, 5.74) is 1.89. The van der Waals surface area contributed by atoms with Crippen LogP contribution in [0.1, 0.15) is 38.7 Å². The van der Waals surface area contributed by atoms with Gasteiger partial charge in [-0.3, -0.25) is 0 Å². The van der Waals surface area contributed by atoms with E-state index in [9.17, 15) is 9.35 Å². The van der Waals surface area contributed by atoms with E-state index in [4.69, 9.17) is 4.74 Å². The predicted molar refractivity (Wildman–Crippen MR) is 97.9 cm³/mol. The summed E-state index contributed by atoms with van der Waals surface area (Å²) in [7, 11) is 0. The van der Waals surface area contributed by atoms with Crippen LogP contribution in [0, 0.1) is 0 Å². The summed E-state index contributed by atoms with van der Waals surface area (Å²) in [6.07, 6.45) is 5.46. The Morgan fingerprint density at radius 3 is 2.75 bits per heavy atom. The molecule has 0 aliphatic carbocycles. The van der Waals surface area contributed by atoms with Gasteiger partial charge in [0.2, 0.25) is 0 Å². The van der Waals surface area contributed by atoms with Crippen LogP contribution in [0.25, 0.3) is 0 Å². The van der Waals surface area contributed by atoms with E-state index in [0.717, 1.165) is 25.7 Å². The molecule has 0 spiro atoms. The van der Waals surface area contributed by atoms with E-state index in [1.54, 1.807) is 0 Å². The van der Waals surface area contributed by atoms with Gasteiger partial charge in [-0.1, -0.05) is 49.8 Å². The smallest absolute Gasteiger partial charge is 0.335 e. The van der Waals surface area contributed by atoms with Gasteiger partial charge >= 0.3 is 5.97 Å². The van der Waals surface area contributed by atoms with Gasteiger partial charge in [-0.2, -0.15) is 0 Å². The van der Waals surface area contributed by atoms with Crippen molar-refractivity contribution in [3.05, 3.63) is 47.5 Å². The van der Waals surface area contributed by atoms with Crippen molar-refractivity contribution in [1.29, 1.82) is 0 Å². The summed E-state index contributed by atoms with van der Waals surface area (Å²) in [6, 6.07) is 10.1. The van der Waals surface area contributed by atoms with Crippen molar-refractivity contribution >= 4 is 17.3 Å². The molecule has 1 aromatic carbocycles. The van der Waals surface area contributed by atoms with Crippen LogP contribution in [-0.2, 0) is 27.3 Å². The van der Waals surface area contributed by atoms with Gasteiger partial charge in [-0.25, -0.2) is 4.79 Å². The summed E-state index contributed by atoms with van der Waals surface area (Å²) in [5, 5.41) is 0. The number of carbonyl (C=O) groups excluding carboxylic acids is 1. The molecular weight excluding hydrogens is 322 g/mol. The third kappa shape index (κ3) is 5.10. The summed E-state index contributed by atoms with van der Waals surface area (Å²) in [6.45, 7) is 4.82. The van der Waals surface area contributed by atoms with E-state index in [-0.39, 0.29) is 12.0 Å². The number of hydrogen-bond donors (Lipinski definition) is 0. The minimum Gasteiger partial charge on any atom is -0.598 e. The third-order valence-electron chi connectivity index (χ3n) is 4.19. The van der Waals surface area contributed by atoms with Crippen LogP contribution in [0.3, 0.4) is 0 Å². The molecule has 1 aliphatic heterocycles. The average molecular weight is 349 g/mol. The lowest BCUT2D eigenvalue weighted by atomic mass is 10.0. The standard InChI is InChI=1S/C19H27NO3S/c1-3-5-15-24(22)20-14-13-17(19(21)23-4-2)18(20)12-11-16-9-7-6-8-10-16/h6-10,13,18H,3-5,11-12,14-15H2,1-2H3/t18-,24+/m1/s1. The molecule has 0 bridgehead atoms. The van der Waals surface area contributed by atoms with E-state index in [1.807, 2.05) is 35.5 Å². The Balaban J connectivity index is 2.06. The minimum absolute atomic E-state index is 0.123. The molecular formula is C19H27NO3S. The SMILES string of the molecule is CCCC[S@+]([O-])N1CC=C(C(=O)OCC)[C@H]1CCc1ccccc1. The molecule has 0 saturated heterocycles. The highest BCUT2D eigenvalue weighted by atomic mass is 32.2. The average Bonchev–Trinajstić information content (AvgIpc) is 3.03. The summed E-state index contributed by atoms with van der Waals surface area (Å²) >= 11 is -1.05. The zero-order valence-electron chi connectivity index (χ0n) is 14.6. The first-order valence-electron chi connectivity index (χ1n) is 8.73. The monoisotopic (exact) mass is 349 g/mol. The fraction of sp³-hybridized carbons (Fsp3) is 0.526. The Labute approximate surface area is 148 Å². The zero-order chi connectivity index (χ0) is 17.4. The van der Waals surface area contributed by atoms with Crippen LogP contribution in [0.2, 0.25) is 0 Å². The molecule has 0 fully saturated rings. The maximum atomic E-state index is 12.6. The van der Waals surface area contributed by atoms with Crippen LogP contribution in [0.4, 0.5) is 0 Å². The van der Waals surface area contributed by atoms with Gasteiger partial charge < -0.3 is 9.29 Å². The molecule has 2 atom stereocenters. The third-order valence-corrected chi connectivity index (χ3v) is 5.76. The summed E-state index contributed by atoms with van der Waals surface area (Å²) in [4.78, 5) is 12.2. The number of ether oxygens (including phenoxy) is 1. The van der Waals surface area contributed by atoms with Crippen molar-refractivity contribution in [3.8, 4) is 0 Å². The maximum Gasteiger partial charge on any atom is 0.335 e. The predicted octanol–water partition coefficient (Wildman–Crippen LogP) is 3.26. The first-order chi connectivity index (χ1) is 11.7. The van der Waals surface area contributed by atoms with Gasteiger partial charge in [0, 0.05) is 11.4 Å². The van der Waals surface area contributed by atoms with Gasteiger partial charge in [-0.05, 0) is 31.7 Å². The Morgan fingerprint density at radius 1 is 1.33 bits per heavy atom. The molecule has 0 N–H and O–H groups in total. The molecule has 0 unspecified atom stereocenters. The fourth-order valence-corrected chi connectivity index (χ4v) is 4.41. The first-order valence-corrected chi connectivity index (χ1v) is 10.0. The molecule has 0 amide bonds. The molecule has 4 nitrogen and oxygen atoms in total. The highest BCUT2D eigenvalue weighted by molar-refractivity contribution is 7.89. The fourth-order valence-electron chi connectivity index (χ4n) is 2.90. The summed E-state index contributed by atoms with van der Waals surface area (Å²) in [5.74, 6) is 0.382. The Morgan fingerprint density at radius 2 is 2.08 bits per heavy atom. The van der Waals surface area contributed by atoms with E-state index >= 15 is 0 Å². The van der Waals surface area contributed by atoms with E-state index in [1.165, 1.54) is 5.56 Å².